The number of carbonyl (C=O) groups is 1. The zero-order valence-electron chi connectivity index (χ0n) is 9.69. The highest BCUT2D eigenvalue weighted by atomic mass is 35.5. The zero-order valence-corrected chi connectivity index (χ0v) is 10.4. The van der Waals surface area contributed by atoms with E-state index in [2.05, 4.69) is 10.3 Å². The molecule has 94 valence electrons. The molecule has 1 heterocycles. The summed E-state index contributed by atoms with van der Waals surface area (Å²) in [7, 11) is 0. The molecule has 0 aliphatic rings. The van der Waals surface area contributed by atoms with Gasteiger partial charge >= 0.3 is 0 Å². The van der Waals surface area contributed by atoms with Gasteiger partial charge in [-0.25, -0.2) is 4.98 Å². The molecule has 0 saturated carbocycles. The van der Waals surface area contributed by atoms with Crippen molar-refractivity contribution < 1.29 is 9.90 Å². The molecular weight excluding hydrogens is 252 g/mol. The van der Waals surface area contributed by atoms with Gasteiger partial charge in [0.2, 0.25) is 0 Å². The lowest BCUT2D eigenvalue weighted by Crippen LogP contribution is -2.25. The van der Waals surface area contributed by atoms with Crippen LogP contribution in [0.5, 0.6) is 0 Å². The van der Waals surface area contributed by atoms with E-state index >= 15 is 0 Å². The average Bonchev–Trinajstić information content (AvgIpc) is 2.39. The lowest BCUT2D eigenvalue weighted by atomic mass is 10.1. The highest BCUT2D eigenvalue weighted by Gasteiger charge is 2.11. The van der Waals surface area contributed by atoms with E-state index in [1.54, 1.807) is 0 Å². The van der Waals surface area contributed by atoms with Gasteiger partial charge in [0, 0.05) is 24.7 Å². The summed E-state index contributed by atoms with van der Waals surface area (Å²) < 4.78 is 0. The molecule has 1 aromatic carbocycles. The van der Waals surface area contributed by atoms with Crippen molar-refractivity contribution >= 4 is 28.3 Å². The predicted molar refractivity (Wildman–Crippen MR) is 70.8 cm³/mol. The average molecular weight is 265 g/mol. The van der Waals surface area contributed by atoms with Crippen LogP contribution in [0, 0.1) is 0 Å². The fraction of sp³-hybridized carbons (Fsp3) is 0.231. The molecule has 0 spiro atoms. The number of nitrogens with one attached hydrogen (secondary N) is 1. The normalized spacial score (nSPS) is 10.6. The van der Waals surface area contributed by atoms with Crippen molar-refractivity contribution in [3.8, 4) is 0 Å². The molecule has 18 heavy (non-hydrogen) atoms. The third kappa shape index (κ3) is 2.60. The maximum atomic E-state index is 12.0. The number of hydrogen-bond acceptors (Lipinski definition) is 3. The summed E-state index contributed by atoms with van der Waals surface area (Å²) in [5.41, 5.74) is 0.493. The van der Waals surface area contributed by atoms with Crippen molar-refractivity contribution in [1.29, 1.82) is 0 Å². The number of benzene rings is 1. The second-order valence-electron chi connectivity index (χ2n) is 3.84. The standard InChI is InChI=1S/C13H13ClN2O2/c14-12-10-5-2-1-4-9(10)11(8-16-12)13(18)15-6-3-7-17/h1-2,4-5,8,17H,3,6-7H2,(H,15,18). The lowest BCUT2D eigenvalue weighted by Gasteiger charge is -2.07. The van der Waals surface area contributed by atoms with Crippen LogP contribution in [0.2, 0.25) is 5.15 Å². The molecule has 0 fully saturated rings. The van der Waals surface area contributed by atoms with Crippen LogP contribution in [-0.2, 0) is 0 Å². The monoisotopic (exact) mass is 264 g/mol. The topological polar surface area (TPSA) is 62.2 Å². The Hall–Kier alpha value is -1.65. The van der Waals surface area contributed by atoms with Crippen LogP contribution in [0.3, 0.4) is 0 Å². The van der Waals surface area contributed by atoms with Gasteiger partial charge in [-0.1, -0.05) is 35.9 Å². The summed E-state index contributed by atoms with van der Waals surface area (Å²) in [6.45, 7) is 0.492. The quantitative estimate of drug-likeness (QED) is 0.656. The minimum absolute atomic E-state index is 0.0555. The molecule has 0 saturated heterocycles. The number of pyridine rings is 1. The van der Waals surface area contributed by atoms with E-state index in [-0.39, 0.29) is 12.5 Å². The SMILES string of the molecule is O=C(NCCCO)c1cnc(Cl)c2ccccc12. The van der Waals surface area contributed by atoms with Gasteiger partial charge in [0.05, 0.1) is 5.56 Å². The first-order chi connectivity index (χ1) is 8.74. The Balaban J connectivity index is 2.33. The summed E-state index contributed by atoms with van der Waals surface area (Å²) in [4.78, 5) is 16.0. The van der Waals surface area contributed by atoms with Gasteiger partial charge in [-0.3, -0.25) is 4.79 Å². The molecule has 5 heteroatoms. The van der Waals surface area contributed by atoms with Crippen molar-refractivity contribution in [3.63, 3.8) is 0 Å². The summed E-state index contributed by atoms with van der Waals surface area (Å²) in [5, 5.41) is 13.3. The molecular formula is C13H13ClN2O2. The fourth-order valence-corrected chi connectivity index (χ4v) is 1.93. The van der Waals surface area contributed by atoms with E-state index in [9.17, 15) is 4.79 Å². The molecule has 1 aromatic heterocycles. The molecule has 0 radical (unpaired) electrons. The van der Waals surface area contributed by atoms with Crippen molar-refractivity contribution in [1.82, 2.24) is 10.3 Å². The Bertz CT molecular complexity index is 572. The van der Waals surface area contributed by atoms with E-state index in [0.29, 0.717) is 23.7 Å². The number of hydrogen-bond donors (Lipinski definition) is 2. The van der Waals surface area contributed by atoms with Crippen LogP contribution in [0.15, 0.2) is 30.5 Å². The number of aliphatic hydroxyl groups excluding tert-OH is 1. The van der Waals surface area contributed by atoms with Gasteiger partial charge < -0.3 is 10.4 Å². The summed E-state index contributed by atoms with van der Waals surface area (Å²) >= 11 is 5.98. The number of halogens is 1. The molecule has 0 bridgehead atoms. The van der Waals surface area contributed by atoms with Crippen LogP contribution < -0.4 is 5.32 Å². The van der Waals surface area contributed by atoms with E-state index in [0.717, 1.165) is 10.8 Å². The van der Waals surface area contributed by atoms with Gasteiger partial charge in [0.15, 0.2) is 0 Å². The lowest BCUT2D eigenvalue weighted by molar-refractivity contribution is 0.0952. The summed E-state index contributed by atoms with van der Waals surface area (Å²) in [5.74, 6) is -0.205. The Morgan fingerprint density at radius 2 is 2.06 bits per heavy atom. The van der Waals surface area contributed by atoms with Gasteiger partial charge in [-0.05, 0) is 11.8 Å². The second-order valence-corrected chi connectivity index (χ2v) is 4.20. The molecule has 0 aliphatic carbocycles. The Morgan fingerprint density at radius 1 is 1.33 bits per heavy atom. The number of fused-ring (bicyclic) bond motifs is 1. The van der Waals surface area contributed by atoms with Crippen LogP contribution in [-0.4, -0.2) is 29.1 Å². The first-order valence-corrected chi connectivity index (χ1v) is 6.04. The summed E-state index contributed by atoms with van der Waals surface area (Å²) in [6, 6.07) is 7.37. The molecule has 0 unspecified atom stereocenters. The third-order valence-electron chi connectivity index (χ3n) is 2.61. The Labute approximate surface area is 110 Å². The number of aliphatic hydroxyl groups is 1. The Kier molecular flexibility index (Phi) is 4.12. The maximum absolute atomic E-state index is 12.0. The first-order valence-electron chi connectivity index (χ1n) is 5.66. The molecule has 4 nitrogen and oxygen atoms in total. The van der Waals surface area contributed by atoms with Crippen LogP contribution in [0.25, 0.3) is 10.8 Å². The van der Waals surface area contributed by atoms with Gasteiger partial charge in [0.1, 0.15) is 5.15 Å². The number of nitrogens with zero attached hydrogens (tertiary/aromatic N) is 1. The Morgan fingerprint density at radius 3 is 2.78 bits per heavy atom. The maximum Gasteiger partial charge on any atom is 0.253 e. The minimum atomic E-state index is -0.205. The number of carbonyl (C=O) groups excluding carboxylic acids is 1. The molecule has 0 aliphatic heterocycles. The second kappa shape index (κ2) is 5.80. The van der Waals surface area contributed by atoms with E-state index in [4.69, 9.17) is 16.7 Å². The van der Waals surface area contributed by atoms with Crippen molar-refractivity contribution in [2.24, 2.45) is 0 Å². The van der Waals surface area contributed by atoms with E-state index in [1.165, 1.54) is 6.20 Å². The number of aromatic nitrogens is 1. The first kappa shape index (κ1) is 12.8. The van der Waals surface area contributed by atoms with Crippen molar-refractivity contribution in [3.05, 3.63) is 41.2 Å². The van der Waals surface area contributed by atoms with Crippen LogP contribution in [0.1, 0.15) is 16.8 Å². The molecule has 2 aromatic rings. The van der Waals surface area contributed by atoms with Crippen LogP contribution in [0.4, 0.5) is 0 Å². The van der Waals surface area contributed by atoms with Crippen molar-refractivity contribution in [2.75, 3.05) is 13.2 Å². The largest absolute Gasteiger partial charge is 0.396 e. The number of rotatable bonds is 4. The van der Waals surface area contributed by atoms with Gasteiger partial charge in [0.25, 0.3) is 5.91 Å². The van der Waals surface area contributed by atoms with Gasteiger partial charge in [-0.2, -0.15) is 0 Å². The third-order valence-corrected chi connectivity index (χ3v) is 2.91. The fourth-order valence-electron chi connectivity index (χ4n) is 1.72. The molecule has 1 amide bonds. The van der Waals surface area contributed by atoms with E-state index in [1.807, 2.05) is 24.3 Å². The van der Waals surface area contributed by atoms with Crippen LogP contribution >= 0.6 is 11.6 Å². The molecule has 2 rings (SSSR count). The summed E-state index contributed by atoms with van der Waals surface area (Å²) in [6.07, 6.45) is 2.00. The predicted octanol–water partition coefficient (Wildman–Crippen LogP) is 2.00. The smallest absolute Gasteiger partial charge is 0.253 e. The highest BCUT2D eigenvalue weighted by molar-refractivity contribution is 6.34. The zero-order chi connectivity index (χ0) is 13.0. The van der Waals surface area contributed by atoms with E-state index < -0.39 is 0 Å². The highest BCUT2D eigenvalue weighted by Crippen LogP contribution is 2.23. The van der Waals surface area contributed by atoms with Gasteiger partial charge in [-0.15, -0.1) is 0 Å². The minimum Gasteiger partial charge on any atom is -0.396 e. The molecule has 0 atom stereocenters. The molecule has 2 N–H and O–H groups in total. The van der Waals surface area contributed by atoms with Crippen molar-refractivity contribution in [2.45, 2.75) is 6.42 Å². The number of amides is 1.